The lowest BCUT2D eigenvalue weighted by atomic mass is 9.88. The number of rotatable bonds is 9. The van der Waals surface area contributed by atoms with Crippen LogP contribution in [0.1, 0.15) is 48.2 Å². The van der Waals surface area contributed by atoms with Gasteiger partial charge in [-0.15, -0.1) is 24.8 Å². The van der Waals surface area contributed by atoms with Gasteiger partial charge in [0.2, 0.25) is 0 Å². The van der Waals surface area contributed by atoms with E-state index in [9.17, 15) is 4.79 Å². The quantitative estimate of drug-likeness (QED) is 0.388. The van der Waals surface area contributed by atoms with Gasteiger partial charge in [0.15, 0.2) is 0 Å². The number of alkyl halides is 2. The van der Waals surface area contributed by atoms with Gasteiger partial charge in [-0.3, -0.25) is 4.79 Å². The van der Waals surface area contributed by atoms with E-state index in [4.69, 9.17) is 28.9 Å². The maximum Gasteiger partial charge on any atom is 0.251 e. The molecule has 0 aliphatic carbocycles. The van der Waals surface area contributed by atoms with Crippen molar-refractivity contribution in [2.45, 2.75) is 43.5 Å². The zero-order valence-corrected chi connectivity index (χ0v) is 23.0. The topological polar surface area (TPSA) is 58.4 Å². The number of piperidine rings is 1. The van der Waals surface area contributed by atoms with Crippen molar-refractivity contribution in [3.63, 3.8) is 0 Å². The fraction of sp³-hybridized carbons (Fsp3) is 0.500. The van der Waals surface area contributed by atoms with Crippen LogP contribution in [0.5, 0.6) is 0 Å². The molecule has 0 aromatic heterocycles. The molecule has 0 saturated carbocycles. The number of nitrogens with one attached hydrogen (secondary N) is 1. The predicted molar refractivity (Wildman–Crippen MR) is 149 cm³/mol. The highest BCUT2D eigenvalue weighted by molar-refractivity contribution is 6.48. The molecule has 3 N–H and O–H groups in total. The number of nitrogens with two attached hydrogens (primary N) is 1. The van der Waals surface area contributed by atoms with Crippen molar-refractivity contribution in [3.8, 4) is 0 Å². The number of carbonyl (C=O) groups excluding carboxylic acids is 1. The van der Waals surface area contributed by atoms with Gasteiger partial charge < -0.3 is 16.0 Å². The maximum atomic E-state index is 12.8. The second-order valence-corrected chi connectivity index (χ2v) is 10.5. The molecule has 1 atom stereocenters. The summed E-state index contributed by atoms with van der Waals surface area (Å²) in [5.41, 5.74) is 8.41. The van der Waals surface area contributed by atoms with Crippen LogP contribution in [0.3, 0.4) is 0 Å². The molecule has 1 fully saturated rings. The fourth-order valence-corrected chi connectivity index (χ4v) is 5.01. The molecule has 0 radical (unpaired) electrons. The largest absolute Gasteiger partial charge is 0.348 e. The van der Waals surface area contributed by atoms with Gasteiger partial charge in [-0.25, -0.2) is 0 Å². The summed E-state index contributed by atoms with van der Waals surface area (Å²) in [6.07, 6.45) is 2.69. The van der Waals surface area contributed by atoms with Crippen LogP contribution in [0.25, 0.3) is 0 Å². The van der Waals surface area contributed by atoms with Gasteiger partial charge in [-0.2, -0.15) is 0 Å². The van der Waals surface area contributed by atoms with Crippen molar-refractivity contribution < 1.29 is 4.79 Å². The van der Waals surface area contributed by atoms with E-state index < -0.39 is 4.33 Å². The fourth-order valence-electron chi connectivity index (χ4n) is 4.32. The molecule has 1 heterocycles. The Hall–Kier alpha value is -1.01. The second-order valence-electron chi connectivity index (χ2n) is 9.12. The lowest BCUT2D eigenvalue weighted by molar-refractivity contribution is 0.0891. The lowest BCUT2D eigenvalue weighted by Gasteiger charge is -2.39. The van der Waals surface area contributed by atoms with Gasteiger partial charge in [-0.1, -0.05) is 79.5 Å². The Morgan fingerprint density at radius 3 is 2.18 bits per heavy atom. The van der Waals surface area contributed by atoms with E-state index in [1.165, 1.54) is 0 Å². The smallest absolute Gasteiger partial charge is 0.251 e. The minimum absolute atomic E-state index is 0. The lowest BCUT2D eigenvalue weighted by Crippen LogP contribution is -2.49. The van der Waals surface area contributed by atoms with Crippen molar-refractivity contribution in [3.05, 3.63) is 71.3 Å². The molecule has 34 heavy (non-hydrogen) atoms. The van der Waals surface area contributed by atoms with Gasteiger partial charge in [0.25, 0.3) is 5.91 Å². The molecular formula is C26H37Cl4N3O. The number of nitrogens with zero attached hydrogens (tertiary/aromatic N) is 1. The zero-order chi connectivity index (χ0) is 23.1. The Morgan fingerprint density at radius 2 is 1.65 bits per heavy atom. The van der Waals surface area contributed by atoms with Crippen LogP contribution in [-0.2, 0) is 10.8 Å². The molecule has 2 aromatic rings. The molecule has 0 bridgehead atoms. The zero-order valence-electron chi connectivity index (χ0n) is 19.9. The Kier molecular flexibility index (Phi) is 13.3. The van der Waals surface area contributed by atoms with Crippen LogP contribution in [0.2, 0.25) is 0 Å². The predicted octanol–water partition coefficient (Wildman–Crippen LogP) is 5.83. The molecule has 2 aromatic carbocycles. The second kappa shape index (κ2) is 14.5. The number of amides is 1. The summed E-state index contributed by atoms with van der Waals surface area (Å²) < 4.78 is -0.866. The first-order valence-corrected chi connectivity index (χ1v) is 12.3. The summed E-state index contributed by atoms with van der Waals surface area (Å²) in [6, 6.07) is 17.7. The minimum Gasteiger partial charge on any atom is -0.348 e. The van der Waals surface area contributed by atoms with E-state index in [0.29, 0.717) is 18.0 Å². The summed E-state index contributed by atoms with van der Waals surface area (Å²) in [7, 11) is 0. The molecule has 8 heteroatoms. The first-order chi connectivity index (χ1) is 15.3. The number of hydrogen-bond donors (Lipinski definition) is 2. The molecule has 0 spiro atoms. The van der Waals surface area contributed by atoms with Crippen molar-refractivity contribution in [1.82, 2.24) is 10.2 Å². The third-order valence-electron chi connectivity index (χ3n) is 6.48. The van der Waals surface area contributed by atoms with E-state index in [1.54, 1.807) is 0 Å². The van der Waals surface area contributed by atoms with Crippen molar-refractivity contribution in [2.24, 2.45) is 17.6 Å². The molecule has 1 saturated heterocycles. The minimum atomic E-state index is -0.866. The van der Waals surface area contributed by atoms with Crippen LogP contribution in [0.15, 0.2) is 54.6 Å². The summed E-state index contributed by atoms with van der Waals surface area (Å²) >= 11 is 13.6. The standard InChI is InChI=1S/C26H35Cl2N3O.2ClH/c1-19(2)24(30-25(32)21-10-8-20(9-11-21)12-15-29)18-31-16-13-23(14-17-31)26(27,28)22-6-4-3-5-7-22;;/h3-11,19,23-24H,12-18,29H2,1-2H3,(H,30,32);2*1H. The van der Waals surface area contributed by atoms with Gasteiger partial charge in [0.1, 0.15) is 4.33 Å². The third-order valence-corrected chi connectivity index (χ3v) is 7.54. The molecule has 1 aliphatic heterocycles. The van der Waals surface area contributed by atoms with E-state index in [2.05, 4.69) is 24.1 Å². The molecular weight excluding hydrogens is 512 g/mol. The summed E-state index contributed by atoms with van der Waals surface area (Å²) in [5, 5.41) is 3.24. The van der Waals surface area contributed by atoms with Crippen LogP contribution < -0.4 is 11.1 Å². The normalized spacial score (nSPS) is 15.8. The van der Waals surface area contributed by atoms with Gasteiger partial charge in [0, 0.05) is 18.2 Å². The Morgan fingerprint density at radius 1 is 1.06 bits per heavy atom. The van der Waals surface area contributed by atoms with Crippen LogP contribution in [0, 0.1) is 11.8 Å². The van der Waals surface area contributed by atoms with Crippen molar-refractivity contribution >= 4 is 53.9 Å². The van der Waals surface area contributed by atoms with E-state index in [1.807, 2.05) is 54.6 Å². The van der Waals surface area contributed by atoms with Crippen LogP contribution >= 0.6 is 48.0 Å². The SMILES string of the molecule is CC(C)C(CN1CCC(C(Cl)(Cl)c2ccccc2)CC1)NC(=O)c1ccc(CCN)cc1.Cl.Cl. The monoisotopic (exact) mass is 547 g/mol. The van der Waals surface area contributed by atoms with E-state index in [-0.39, 0.29) is 42.7 Å². The first kappa shape index (κ1) is 31.0. The molecule has 1 amide bonds. The highest BCUT2D eigenvalue weighted by Crippen LogP contribution is 2.45. The Balaban J connectivity index is 0.00000289. The molecule has 1 aliphatic rings. The number of benzene rings is 2. The molecule has 4 nitrogen and oxygen atoms in total. The Labute approximate surface area is 226 Å². The maximum absolute atomic E-state index is 12.8. The molecule has 1 unspecified atom stereocenters. The van der Waals surface area contributed by atoms with E-state index >= 15 is 0 Å². The number of hydrogen-bond acceptors (Lipinski definition) is 3. The summed E-state index contributed by atoms with van der Waals surface area (Å²) in [6.45, 7) is 7.58. The highest BCUT2D eigenvalue weighted by atomic mass is 35.5. The molecule has 190 valence electrons. The average molecular weight is 549 g/mol. The first-order valence-electron chi connectivity index (χ1n) is 11.6. The van der Waals surface area contributed by atoms with Gasteiger partial charge in [0.05, 0.1) is 0 Å². The highest BCUT2D eigenvalue weighted by Gasteiger charge is 2.38. The van der Waals surface area contributed by atoms with Gasteiger partial charge >= 0.3 is 0 Å². The van der Waals surface area contributed by atoms with E-state index in [0.717, 1.165) is 50.0 Å². The van der Waals surface area contributed by atoms with Crippen LogP contribution in [0.4, 0.5) is 0 Å². The average Bonchev–Trinajstić information content (AvgIpc) is 2.80. The van der Waals surface area contributed by atoms with Crippen LogP contribution in [-0.4, -0.2) is 43.0 Å². The summed E-state index contributed by atoms with van der Waals surface area (Å²) in [4.78, 5) is 15.2. The van der Waals surface area contributed by atoms with Crippen molar-refractivity contribution in [2.75, 3.05) is 26.2 Å². The molecule has 3 rings (SSSR count). The number of carbonyl (C=O) groups is 1. The van der Waals surface area contributed by atoms with Crippen molar-refractivity contribution in [1.29, 1.82) is 0 Å². The third kappa shape index (κ3) is 8.29. The van der Waals surface area contributed by atoms with Gasteiger partial charge in [-0.05, 0) is 74.0 Å². The number of halogens is 4. The Bertz CT molecular complexity index is 854. The number of likely N-dealkylation sites (tertiary alicyclic amines) is 1. The summed E-state index contributed by atoms with van der Waals surface area (Å²) in [5.74, 6) is 0.517.